The van der Waals surface area contributed by atoms with Gasteiger partial charge in [0.05, 0.1) is 33.0 Å². The van der Waals surface area contributed by atoms with E-state index in [9.17, 15) is 0 Å². The van der Waals surface area contributed by atoms with E-state index in [4.69, 9.17) is 23.7 Å². The lowest BCUT2D eigenvalue weighted by Crippen LogP contribution is -2.25. The Morgan fingerprint density at radius 1 is 1.12 bits per heavy atom. The molecule has 3 unspecified atom stereocenters. The van der Waals surface area contributed by atoms with E-state index < -0.39 is 5.60 Å². The Hall–Kier alpha value is -1.92. The van der Waals surface area contributed by atoms with Crippen molar-refractivity contribution in [3.05, 3.63) is 66.0 Å². The normalized spacial score (nSPS) is 29.2. The van der Waals surface area contributed by atoms with Gasteiger partial charge in [0.1, 0.15) is 29.3 Å². The Morgan fingerprint density at radius 3 is 2.73 bits per heavy atom. The first-order chi connectivity index (χ1) is 12.7. The number of hydrogen-bond donors (Lipinski definition) is 0. The van der Waals surface area contributed by atoms with Gasteiger partial charge in [-0.15, -0.1) is 0 Å². The van der Waals surface area contributed by atoms with Gasteiger partial charge in [-0.2, -0.15) is 0 Å². The summed E-state index contributed by atoms with van der Waals surface area (Å²) in [7, 11) is 0. The van der Waals surface area contributed by atoms with Crippen molar-refractivity contribution in [3.8, 4) is 5.75 Å². The molecule has 5 nitrogen and oxygen atoms in total. The molecule has 1 aromatic rings. The van der Waals surface area contributed by atoms with Crippen LogP contribution in [0.4, 0.5) is 0 Å². The highest BCUT2D eigenvalue weighted by Gasteiger charge is 2.27. The minimum Gasteiger partial charge on any atom is -0.457 e. The molecular formula is C21H24O5. The SMILES string of the molecule is CC1(OCC2CO2)C=CC=C(Oc2cccc(COCC3CO3)c2)C=C1. The first-order valence-corrected chi connectivity index (χ1v) is 8.99. The minimum atomic E-state index is -0.450. The van der Waals surface area contributed by atoms with Crippen molar-refractivity contribution in [3.63, 3.8) is 0 Å². The van der Waals surface area contributed by atoms with Crippen LogP contribution in [0.2, 0.25) is 0 Å². The summed E-state index contributed by atoms with van der Waals surface area (Å²) in [5, 5.41) is 0. The lowest BCUT2D eigenvalue weighted by molar-refractivity contribution is 0.0312. The number of ether oxygens (including phenoxy) is 5. The largest absolute Gasteiger partial charge is 0.457 e. The summed E-state index contributed by atoms with van der Waals surface area (Å²) >= 11 is 0. The fourth-order valence-electron chi connectivity index (χ4n) is 2.60. The lowest BCUT2D eigenvalue weighted by atomic mass is 10.1. The molecule has 0 spiro atoms. The van der Waals surface area contributed by atoms with Crippen LogP contribution in [0, 0.1) is 0 Å². The van der Waals surface area contributed by atoms with Crippen LogP contribution in [0.5, 0.6) is 5.75 Å². The highest BCUT2D eigenvalue weighted by molar-refractivity contribution is 5.35. The van der Waals surface area contributed by atoms with Crippen LogP contribution < -0.4 is 4.74 Å². The summed E-state index contributed by atoms with van der Waals surface area (Å²) in [6.45, 7) is 5.45. The summed E-state index contributed by atoms with van der Waals surface area (Å²) in [5.41, 5.74) is 0.628. The first-order valence-electron chi connectivity index (χ1n) is 8.99. The van der Waals surface area contributed by atoms with Crippen LogP contribution in [0.3, 0.4) is 0 Å². The van der Waals surface area contributed by atoms with Gasteiger partial charge in [0.2, 0.25) is 0 Å². The fourth-order valence-corrected chi connectivity index (χ4v) is 2.60. The highest BCUT2D eigenvalue weighted by Crippen LogP contribution is 2.24. The van der Waals surface area contributed by atoms with E-state index in [-0.39, 0.29) is 12.2 Å². The molecule has 0 radical (unpaired) electrons. The van der Waals surface area contributed by atoms with E-state index >= 15 is 0 Å². The molecule has 3 aliphatic rings. The van der Waals surface area contributed by atoms with E-state index in [0.29, 0.717) is 19.8 Å². The van der Waals surface area contributed by atoms with E-state index in [1.807, 2.05) is 61.6 Å². The van der Waals surface area contributed by atoms with Gasteiger partial charge in [0.25, 0.3) is 0 Å². The lowest BCUT2D eigenvalue weighted by Gasteiger charge is -2.21. The van der Waals surface area contributed by atoms with E-state index in [0.717, 1.165) is 30.3 Å². The van der Waals surface area contributed by atoms with Crippen LogP contribution in [0.15, 0.2) is 60.4 Å². The Bertz CT molecular complexity index is 715. The molecule has 26 heavy (non-hydrogen) atoms. The molecule has 2 fully saturated rings. The summed E-state index contributed by atoms with van der Waals surface area (Å²) in [6.07, 6.45) is 10.4. The summed E-state index contributed by atoms with van der Waals surface area (Å²) in [4.78, 5) is 0. The Labute approximate surface area is 153 Å². The van der Waals surface area contributed by atoms with Crippen molar-refractivity contribution >= 4 is 0 Å². The second-order valence-electron chi connectivity index (χ2n) is 6.93. The molecule has 1 aromatic carbocycles. The highest BCUT2D eigenvalue weighted by atomic mass is 16.6. The zero-order chi connectivity index (χ0) is 17.8. The van der Waals surface area contributed by atoms with Crippen molar-refractivity contribution in [1.82, 2.24) is 0 Å². The van der Waals surface area contributed by atoms with Gasteiger partial charge in [-0.1, -0.05) is 18.2 Å². The fraction of sp³-hybridized carbons (Fsp3) is 0.429. The average molecular weight is 356 g/mol. The van der Waals surface area contributed by atoms with Gasteiger partial charge in [-0.25, -0.2) is 0 Å². The molecule has 0 saturated carbocycles. The molecule has 0 N–H and O–H groups in total. The van der Waals surface area contributed by atoms with Gasteiger partial charge < -0.3 is 23.7 Å². The molecule has 3 atom stereocenters. The minimum absolute atomic E-state index is 0.247. The average Bonchev–Trinajstić information content (AvgIpc) is 3.51. The molecule has 0 amide bonds. The topological polar surface area (TPSA) is 52.8 Å². The van der Waals surface area contributed by atoms with Crippen LogP contribution >= 0.6 is 0 Å². The number of hydrogen-bond acceptors (Lipinski definition) is 5. The van der Waals surface area contributed by atoms with E-state index in [2.05, 4.69) is 0 Å². The maximum Gasteiger partial charge on any atom is 0.127 e. The molecule has 2 saturated heterocycles. The van der Waals surface area contributed by atoms with Gasteiger partial charge >= 0.3 is 0 Å². The molecule has 1 aliphatic carbocycles. The molecule has 0 aromatic heterocycles. The van der Waals surface area contributed by atoms with E-state index in [1.165, 1.54) is 0 Å². The van der Waals surface area contributed by atoms with Crippen molar-refractivity contribution in [2.24, 2.45) is 0 Å². The molecule has 2 aliphatic heterocycles. The predicted octanol–water partition coefficient (Wildman–Crippen LogP) is 3.16. The van der Waals surface area contributed by atoms with Crippen LogP contribution in [0.1, 0.15) is 12.5 Å². The third-order valence-electron chi connectivity index (χ3n) is 4.36. The smallest absolute Gasteiger partial charge is 0.127 e. The predicted molar refractivity (Wildman–Crippen MR) is 96.9 cm³/mol. The number of benzene rings is 1. The van der Waals surface area contributed by atoms with Crippen LogP contribution in [-0.4, -0.2) is 44.2 Å². The number of allylic oxidation sites excluding steroid dienone is 3. The number of epoxide rings is 2. The van der Waals surface area contributed by atoms with Gasteiger partial charge in [-0.05, 0) is 48.9 Å². The number of rotatable bonds is 9. The van der Waals surface area contributed by atoms with Gasteiger partial charge in [0, 0.05) is 0 Å². The molecule has 5 heteroatoms. The summed E-state index contributed by atoms with van der Waals surface area (Å²) in [6, 6.07) is 7.94. The summed E-state index contributed by atoms with van der Waals surface area (Å²) in [5.74, 6) is 1.55. The summed E-state index contributed by atoms with van der Waals surface area (Å²) < 4.78 is 27.9. The van der Waals surface area contributed by atoms with Crippen molar-refractivity contribution in [2.45, 2.75) is 31.3 Å². The first kappa shape index (κ1) is 17.5. The molecular weight excluding hydrogens is 332 g/mol. The third kappa shape index (κ3) is 5.29. The maximum atomic E-state index is 6.01. The second-order valence-corrected chi connectivity index (χ2v) is 6.93. The van der Waals surface area contributed by atoms with Crippen LogP contribution in [0.25, 0.3) is 0 Å². The van der Waals surface area contributed by atoms with Gasteiger partial charge in [0.15, 0.2) is 0 Å². The molecule has 138 valence electrons. The van der Waals surface area contributed by atoms with Crippen molar-refractivity contribution in [2.75, 3.05) is 26.4 Å². The van der Waals surface area contributed by atoms with E-state index in [1.54, 1.807) is 0 Å². The molecule has 0 bridgehead atoms. The molecule has 2 heterocycles. The monoisotopic (exact) mass is 356 g/mol. The Balaban J connectivity index is 1.32. The third-order valence-corrected chi connectivity index (χ3v) is 4.36. The standard InChI is InChI=1S/C21H24O5/c1-21(25-15-20-14-24-20)8-3-6-17(7-9-21)26-18-5-2-4-16(10-18)11-22-12-19-13-23-19/h2-10,19-20H,11-15H2,1H3. The van der Waals surface area contributed by atoms with Crippen molar-refractivity contribution in [1.29, 1.82) is 0 Å². The molecule has 4 rings (SSSR count). The maximum absolute atomic E-state index is 6.01. The second kappa shape index (κ2) is 7.76. The van der Waals surface area contributed by atoms with Gasteiger partial charge in [-0.3, -0.25) is 0 Å². The Kier molecular flexibility index (Phi) is 5.22. The van der Waals surface area contributed by atoms with Crippen LogP contribution in [-0.2, 0) is 25.6 Å². The van der Waals surface area contributed by atoms with Crippen molar-refractivity contribution < 1.29 is 23.7 Å². The Morgan fingerprint density at radius 2 is 1.92 bits per heavy atom. The zero-order valence-electron chi connectivity index (χ0n) is 14.9. The quantitative estimate of drug-likeness (QED) is 0.636. The zero-order valence-corrected chi connectivity index (χ0v) is 14.9.